The Morgan fingerprint density at radius 3 is 2.55 bits per heavy atom. The number of hydrogen-bond acceptors (Lipinski definition) is 8. The summed E-state index contributed by atoms with van der Waals surface area (Å²) in [5.74, 6) is 1.83. The lowest BCUT2D eigenvalue weighted by molar-refractivity contribution is 0.270. The minimum atomic E-state index is -0.413. The van der Waals surface area contributed by atoms with Crippen molar-refractivity contribution in [3.8, 4) is 39.9 Å². The number of phenols is 1. The van der Waals surface area contributed by atoms with E-state index >= 15 is 0 Å². The van der Waals surface area contributed by atoms with Crippen LogP contribution in [0.15, 0.2) is 45.8 Å². The molecule has 5 rings (SSSR count). The van der Waals surface area contributed by atoms with Crippen molar-refractivity contribution in [3.63, 3.8) is 0 Å². The molecule has 0 bridgehead atoms. The highest BCUT2D eigenvalue weighted by Gasteiger charge is 2.35. The van der Waals surface area contributed by atoms with E-state index in [1.807, 2.05) is 6.92 Å². The maximum absolute atomic E-state index is 13.8. The zero-order valence-corrected chi connectivity index (χ0v) is 18.6. The van der Waals surface area contributed by atoms with Gasteiger partial charge < -0.3 is 33.2 Å². The molecule has 1 aromatic heterocycles. The summed E-state index contributed by atoms with van der Waals surface area (Å²) < 4.78 is 34.1. The van der Waals surface area contributed by atoms with Crippen molar-refractivity contribution in [1.29, 1.82) is 0 Å². The lowest BCUT2D eigenvalue weighted by atomic mass is 9.95. The van der Waals surface area contributed by atoms with Gasteiger partial charge in [-0.05, 0) is 18.6 Å². The number of rotatable bonds is 4. The van der Waals surface area contributed by atoms with Crippen molar-refractivity contribution in [2.45, 2.75) is 19.4 Å². The summed E-state index contributed by atoms with van der Waals surface area (Å²) in [4.78, 5) is 13.8. The zero-order valence-electron chi connectivity index (χ0n) is 18.6. The Kier molecular flexibility index (Phi) is 4.74. The van der Waals surface area contributed by atoms with E-state index in [-0.39, 0.29) is 39.9 Å². The topological polar surface area (TPSA) is 96.6 Å². The molecule has 1 N–H and O–H groups in total. The quantitative estimate of drug-likeness (QED) is 0.462. The van der Waals surface area contributed by atoms with Gasteiger partial charge in [-0.25, -0.2) is 0 Å². The van der Waals surface area contributed by atoms with E-state index in [0.29, 0.717) is 40.5 Å². The largest absolute Gasteiger partial charge is 0.507 e. The monoisotopic (exact) mass is 450 g/mol. The zero-order chi connectivity index (χ0) is 23.4. The summed E-state index contributed by atoms with van der Waals surface area (Å²) in [6.07, 6.45) is 1.55. The second-order valence-corrected chi connectivity index (χ2v) is 7.89. The summed E-state index contributed by atoms with van der Waals surface area (Å²) >= 11 is 0. The lowest BCUT2D eigenvalue weighted by Crippen LogP contribution is -2.16. The van der Waals surface area contributed by atoms with E-state index in [1.54, 1.807) is 12.1 Å². The van der Waals surface area contributed by atoms with Crippen molar-refractivity contribution in [2.75, 3.05) is 21.3 Å². The number of phenolic OH excluding ortho intramolecular Hbond substituents is 1. The summed E-state index contributed by atoms with van der Waals surface area (Å²) in [6, 6.07) is 4.72. The summed E-state index contributed by atoms with van der Waals surface area (Å²) in [6.45, 7) is 5.82. The lowest BCUT2D eigenvalue weighted by Gasteiger charge is -2.23. The summed E-state index contributed by atoms with van der Waals surface area (Å²) in [7, 11) is 4.48. The van der Waals surface area contributed by atoms with Crippen LogP contribution in [0.4, 0.5) is 0 Å². The first-order chi connectivity index (χ1) is 15.9. The molecule has 8 nitrogen and oxygen atoms in total. The standard InChI is InChI=1S/C25H22O8/c1-11(2)15-7-13-16(31-15)8-14(26)22-23(27)21-12-6-18(29-4)19(30-5)9-17(12)32-20(10-28-3)25(21)33-24(13)22/h6,8-10,15,26H,1,7H2,2-5H3. The molecule has 8 heteroatoms. The second kappa shape index (κ2) is 7.51. The highest BCUT2D eigenvalue weighted by molar-refractivity contribution is 5.96. The third-order valence-electron chi connectivity index (χ3n) is 5.84. The molecule has 0 saturated heterocycles. The molecule has 2 aliphatic heterocycles. The van der Waals surface area contributed by atoms with Gasteiger partial charge in [0.05, 0.1) is 26.9 Å². The minimum Gasteiger partial charge on any atom is -0.507 e. The van der Waals surface area contributed by atoms with Gasteiger partial charge in [0.2, 0.25) is 11.2 Å². The van der Waals surface area contributed by atoms with Crippen molar-refractivity contribution in [3.05, 3.63) is 58.2 Å². The van der Waals surface area contributed by atoms with Gasteiger partial charge >= 0.3 is 0 Å². The predicted octanol–water partition coefficient (Wildman–Crippen LogP) is 4.40. The van der Waals surface area contributed by atoms with Crippen molar-refractivity contribution >= 4 is 16.7 Å². The molecule has 1 unspecified atom stereocenters. The first kappa shape index (κ1) is 20.8. The van der Waals surface area contributed by atoms with Crippen LogP contribution in [0, 0.1) is 0 Å². The molecule has 0 amide bonds. The molecular weight excluding hydrogens is 428 g/mol. The van der Waals surface area contributed by atoms with Crippen LogP contribution in [0.25, 0.3) is 27.9 Å². The van der Waals surface area contributed by atoms with Crippen LogP contribution in [-0.2, 0) is 11.2 Å². The van der Waals surface area contributed by atoms with E-state index in [1.165, 1.54) is 33.7 Å². The highest BCUT2D eigenvalue weighted by Crippen LogP contribution is 2.48. The minimum absolute atomic E-state index is 0.0675. The Balaban J connectivity index is 1.86. The molecule has 3 heterocycles. The Hall–Kier alpha value is -4.07. The molecule has 3 aromatic rings. The maximum Gasteiger partial charge on any atom is 0.205 e. The molecule has 0 spiro atoms. The maximum atomic E-state index is 13.8. The van der Waals surface area contributed by atoms with Crippen molar-refractivity contribution in [2.24, 2.45) is 0 Å². The van der Waals surface area contributed by atoms with E-state index in [0.717, 1.165) is 5.57 Å². The van der Waals surface area contributed by atoms with Crippen LogP contribution in [0.3, 0.4) is 0 Å². The molecule has 1 atom stereocenters. The van der Waals surface area contributed by atoms with Crippen LogP contribution < -0.4 is 24.4 Å². The van der Waals surface area contributed by atoms with Crippen LogP contribution in [-0.4, -0.2) is 32.5 Å². The number of fused-ring (bicyclic) bond motifs is 6. The van der Waals surface area contributed by atoms with E-state index in [4.69, 9.17) is 28.1 Å². The molecule has 170 valence electrons. The first-order valence-electron chi connectivity index (χ1n) is 10.2. The van der Waals surface area contributed by atoms with E-state index < -0.39 is 5.43 Å². The smallest absolute Gasteiger partial charge is 0.205 e. The second-order valence-electron chi connectivity index (χ2n) is 7.89. The van der Waals surface area contributed by atoms with Gasteiger partial charge in [-0.15, -0.1) is 0 Å². The van der Waals surface area contributed by atoms with Crippen LogP contribution >= 0.6 is 0 Å². The Bertz CT molecular complexity index is 1410. The summed E-state index contributed by atoms with van der Waals surface area (Å²) in [5, 5.41) is 10.8. The molecule has 0 aliphatic carbocycles. The third kappa shape index (κ3) is 3.01. The first-order valence-corrected chi connectivity index (χ1v) is 10.2. The molecular formula is C25H22O8. The normalized spacial score (nSPS) is 17.0. The van der Waals surface area contributed by atoms with Gasteiger partial charge in [-0.1, -0.05) is 6.58 Å². The molecule has 0 saturated carbocycles. The fourth-order valence-corrected chi connectivity index (χ4v) is 4.24. The van der Waals surface area contributed by atoms with Gasteiger partial charge in [0.1, 0.15) is 40.6 Å². The van der Waals surface area contributed by atoms with E-state index in [2.05, 4.69) is 6.58 Å². The highest BCUT2D eigenvalue weighted by atomic mass is 16.5. The number of benzene rings is 2. The fraction of sp³-hybridized carbons (Fsp3) is 0.240. The molecule has 2 aromatic carbocycles. The number of hydrogen-bond donors (Lipinski definition) is 1. The van der Waals surface area contributed by atoms with Crippen LogP contribution in [0.1, 0.15) is 18.2 Å². The van der Waals surface area contributed by atoms with Crippen molar-refractivity contribution in [1.82, 2.24) is 0 Å². The van der Waals surface area contributed by atoms with Crippen molar-refractivity contribution < 1.29 is 33.2 Å². The van der Waals surface area contributed by atoms with Gasteiger partial charge in [-0.3, -0.25) is 4.79 Å². The van der Waals surface area contributed by atoms with Gasteiger partial charge in [0, 0.05) is 29.7 Å². The SMILES string of the molecule is C=C(C)C1Cc2c(cc(O)c3c(=O)c4c(oc23)C(=COC)Oc2cc(OC)c(OC)cc2-4)O1. The van der Waals surface area contributed by atoms with Gasteiger partial charge in [-0.2, -0.15) is 0 Å². The summed E-state index contributed by atoms with van der Waals surface area (Å²) in [5.41, 5.74) is 2.01. The Morgan fingerprint density at radius 1 is 1.15 bits per heavy atom. The van der Waals surface area contributed by atoms with Gasteiger partial charge in [0.15, 0.2) is 17.3 Å². The molecule has 33 heavy (non-hydrogen) atoms. The Morgan fingerprint density at radius 2 is 1.88 bits per heavy atom. The van der Waals surface area contributed by atoms with Crippen LogP contribution in [0.5, 0.6) is 28.7 Å². The predicted molar refractivity (Wildman–Crippen MR) is 121 cm³/mol. The fourth-order valence-electron chi connectivity index (χ4n) is 4.24. The van der Waals surface area contributed by atoms with E-state index in [9.17, 15) is 9.90 Å². The number of ether oxygens (including phenoxy) is 5. The molecule has 2 aliphatic rings. The molecule has 0 fully saturated rings. The third-order valence-corrected chi connectivity index (χ3v) is 5.84. The average molecular weight is 450 g/mol. The van der Waals surface area contributed by atoms with Crippen LogP contribution in [0.2, 0.25) is 0 Å². The molecule has 0 radical (unpaired) electrons. The van der Waals surface area contributed by atoms with Gasteiger partial charge in [0.25, 0.3) is 0 Å². The number of methoxy groups -OCH3 is 3. The average Bonchev–Trinajstić information content (AvgIpc) is 3.23. The Labute approximate surface area is 189 Å². The number of aromatic hydroxyl groups is 1.